The summed E-state index contributed by atoms with van der Waals surface area (Å²) >= 11 is 6.49. The van der Waals surface area contributed by atoms with Crippen LogP contribution in [0.4, 0.5) is 5.69 Å². The lowest BCUT2D eigenvalue weighted by atomic mass is 10.1. The molecule has 4 rings (SSSR count). The molecule has 0 aromatic heterocycles. The summed E-state index contributed by atoms with van der Waals surface area (Å²) in [6.07, 6.45) is 1.72. The molecule has 0 radical (unpaired) electrons. The normalized spacial score (nSPS) is 15.8. The summed E-state index contributed by atoms with van der Waals surface area (Å²) in [4.78, 5) is 37.6. The number of nitro benzene ring substituents is 1. The van der Waals surface area contributed by atoms with Crippen molar-refractivity contribution >= 4 is 51.9 Å². The van der Waals surface area contributed by atoms with Gasteiger partial charge in [-0.05, 0) is 29.8 Å². The molecule has 2 amide bonds. The summed E-state index contributed by atoms with van der Waals surface area (Å²) in [6, 6.07) is 9.11. The quantitative estimate of drug-likeness (QED) is 0.272. The lowest BCUT2D eigenvalue weighted by Gasteiger charge is -2.15. The van der Waals surface area contributed by atoms with Crippen molar-refractivity contribution in [2.45, 2.75) is 0 Å². The first-order chi connectivity index (χ1) is 15.9. The number of hydrogen-bond donors (Lipinski definition) is 1. The van der Waals surface area contributed by atoms with E-state index in [1.807, 2.05) is 6.07 Å². The molecule has 0 bridgehead atoms. The van der Waals surface area contributed by atoms with Gasteiger partial charge < -0.3 is 19.5 Å². The van der Waals surface area contributed by atoms with Crippen molar-refractivity contribution < 1.29 is 28.7 Å². The minimum absolute atomic E-state index is 0.0276. The zero-order chi connectivity index (χ0) is 23.5. The molecule has 0 spiro atoms. The molecule has 0 saturated carbocycles. The summed E-state index contributed by atoms with van der Waals surface area (Å²) in [7, 11) is 1.37. The van der Waals surface area contributed by atoms with Crippen molar-refractivity contribution in [3.63, 3.8) is 0 Å². The fourth-order valence-corrected chi connectivity index (χ4v) is 4.52. The number of carbonyl (C=O) groups is 2. The number of nitrogens with one attached hydrogen (secondary N) is 1. The van der Waals surface area contributed by atoms with Crippen molar-refractivity contribution in [3.8, 4) is 17.2 Å². The number of thiocarbonyl (C=S) groups is 1. The number of carbonyl (C=O) groups excluding carboxylic acids is 2. The first-order valence-corrected chi connectivity index (χ1v) is 10.9. The summed E-state index contributed by atoms with van der Waals surface area (Å²) < 4.78 is 16.1. The van der Waals surface area contributed by atoms with Gasteiger partial charge in [-0.15, -0.1) is 0 Å². The third-order valence-corrected chi connectivity index (χ3v) is 6.21. The van der Waals surface area contributed by atoms with Gasteiger partial charge in [-0.3, -0.25) is 24.6 Å². The predicted molar refractivity (Wildman–Crippen MR) is 124 cm³/mol. The van der Waals surface area contributed by atoms with Crippen LogP contribution in [0, 0.1) is 10.1 Å². The molecule has 0 unspecified atom stereocenters. The number of hydrogen-bond acceptors (Lipinski definition) is 9. The van der Waals surface area contributed by atoms with E-state index in [-0.39, 0.29) is 42.8 Å². The van der Waals surface area contributed by atoms with Crippen LogP contribution >= 0.6 is 24.0 Å². The van der Waals surface area contributed by atoms with Gasteiger partial charge in [0.05, 0.1) is 22.5 Å². The number of nitrogens with zero attached hydrogens (tertiary/aromatic N) is 2. The number of amides is 2. The van der Waals surface area contributed by atoms with Crippen LogP contribution in [0.5, 0.6) is 17.2 Å². The highest BCUT2D eigenvalue weighted by atomic mass is 32.2. The Morgan fingerprint density at radius 1 is 1.30 bits per heavy atom. The molecule has 12 heteroatoms. The van der Waals surface area contributed by atoms with Gasteiger partial charge in [0.1, 0.15) is 10.1 Å². The second-order valence-corrected chi connectivity index (χ2v) is 8.52. The molecule has 1 fully saturated rings. The molecule has 0 aliphatic carbocycles. The van der Waals surface area contributed by atoms with Crippen molar-refractivity contribution in [2.75, 3.05) is 27.0 Å². The number of thioether (sulfide) groups is 1. The molecule has 1 saturated heterocycles. The van der Waals surface area contributed by atoms with E-state index in [2.05, 4.69) is 5.32 Å². The molecule has 10 nitrogen and oxygen atoms in total. The summed E-state index contributed by atoms with van der Waals surface area (Å²) in [5.41, 5.74) is 0.567. The third kappa shape index (κ3) is 4.76. The number of ether oxygens (including phenoxy) is 3. The average molecular weight is 488 g/mol. The molecular formula is C21H17N3O7S2. The van der Waals surface area contributed by atoms with Gasteiger partial charge >= 0.3 is 0 Å². The van der Waals surface area contributed by atoms with E-state index >= 15 is 0 Å². The minimum atomic E-state index is -0.594. The monoisotopic (exact) mass is 487 g/mol. The lowest BCUT2D eigenvalue weighted by molar-refractivity contribution is -0.384. The Hall–Kier alpha value is -3.64. The van der Waals surface area contributed by atoms with Crippen LogP contribution in [0.25, 0.3) is 6.08 Å². The number of benzene rings is 2. The van der Waals surface area contributed by atoms with Crippen LogP contribution < -0.4 is 19.5 Å². The van der Waals surface area contributed by atoms with Crippen LogP contribution in [0.1, 0.15) is 15.9 Å². The smallest absolute Gasteiger partial charge is 0.270 e. The summed E-state index contributed by atoms with van der Waals surface area (Å²) in [6.45, 7) is 0.398. The number of nitro groups is 1. The molecule has 0 atom stereocenters. The Balaban J connectivity index is 1.40. The molecule has 2 aliphatic heterocycles. The Morgan fingerprint density at radius 3 is 2.85 bits per heavy atom. The molecule has 2 aromatic rings. The number of rotatable bonds is 7. The predicted octanol–water partition coefficient (Wildman–Crippen LogP) is 2.96. The van der Waals surface area contributed by atoms with E-state index in [1.54, 1.807) is 18.2 Å². The first-order valence-electron chi connectivity index (χ1n) is 9.63. The maximum atomic E-state index is 12.8. The van der Waals surface area contributed by atoms with Gasteiger partial charge in [0.15, 0.2) is 11.5 Å². The van der Waals surface area contributed by atoms with Crippen LogP contribution in [0.2, 0.25) is 0 Å². The topological polar surface area (TPSA) is 120 Å². The molecule has 2 aromatic carbocycles. The third-order valence-electron chi connectivity index (χ3n) is 4.83. The molecule has 33 heavy (non-hydrogen) atoms. The second-order valence-electron chi connectivity index (χ2n) is 6.84. The van der Waals surface area contributed by atoms with Gasteiger partial charge in [0.2, 0.25) is 6.79 Å². The Labute approximate surface area is 197 Å². The molecule has 2 aliphatic rings. The highest BCUT2D eigenvalue weighted by molar-refractivity contribution is 8.26. The summed E-state index contributed by atoms with van der Waals surface area (Å²) in [5.74, 6) is 0.631. The van der Waals surface area contributed by atoms with Crippen molar-refractivity contribution in [1.82, 2.24) is 10.2 Å². The van der Waals surface area contributed by atoms with E-state index in [9.17, 15) is 19.7 Å². The van der Waals surface area contributed by atoms with Gasteiger partial charge in [0.25, 0.3) is 17.5 Å². The lowest BCUT2D eigenvalue weighted by Crippen LogP contribution is -2.37. The SMILES string of the molecule is COc1ccc([N+](=O)[O-])cc1C(=O)NCCN1C(=O)/C(=C/c2ccc3c(c2)OCO3)SC1=S. The fourth-order valence-electron chi connectivity index (χ4n) is 3.21. The van der Waals surface area contributed by atoms with Crippen molar-refractivity contribution in [3.05, 3.63) is 62.5 Å². The number of methoxy groups -OCH3 is 1. The zero-order valence-electron chi connectivity index (χ0n) is 17.2. The van der Waals surface area contributed by atoms with Gasteiger partial charge in [-0.25, -0.2) is 0 Å². The standard InChI is InChI=1S/C21H17N3O7S2/c1-29-15-5-3-13(24(27)28)10-14(15)19(25)22-6-7-23-20(26)18(33-21(23)32)9-12-2-4-16-17(8-12)31-11-30-16/h2-5,8-10H,6-7,11H2,1H3,(H,22,25)/b18-9-. The van der Waals surface area contributed by atoms with Crippen molar-refractivity contribution in [1.29, 1.82) is 0 Å². The van der Waals surface area contributed by atoms with Crippen LogP contribution in [-0.4, -0.2) is 53.0 Å². The van der Waals surface area contributed by atoms with Crippen LogP contribution in [0.3, 0.4) is 0 Å². The number of non-ortho nitro benzene ring substituents is 1. The van der Waals surface area contributed by atoms with Crippen LogP contribution in [0.15, 0.2) is 41.3 Å². The average Bonchev–Trinajstić information content (AvgIpc) is 3.37. The second kappa shape index (κ2) is 9.46. The Bertz CT molecular complexity index is 1200. The maximum Gasteiger partial charge on any atom is 0.270 e. The van der Waals surface area contributed by atoms with Gasteiger partial charge in [-0.2, -0.15) is 0 Å². The molecule has 2 heterocycles. The maximum absolute atomic E-state index is 12.8. The molecule has 1 N–H and O–H groups in total. The highest BCUT2D eigenvalue weighted by Crippen LogP contribution is 2.36. The fraction of sp³-hybridized carbons (Fsp3) is 0.190. The molecule has 170 valence electrons. The zero-order valence-corrected chi connectivity index (χ0v) is 18.9. The molecular weight excluding hydrogens is 470 g/mol. The highest BCUT2D eigenvalue weighted by Gasteiger charge is 2.32. The number of fused-ring (bicyclic) bond motifs is 1. The van der Waals surface area contributed by atoms with E-state index < -0.39 is 10.8 Å². The van der Waals surface area contributed by atoms with Gasteiger partial charge in [0, 0.05) is 25.2 Å². The van der Waals surface area contributed by atoms with Crippen molar-refractivity contribution in [2.24, 2.45) is 0 Å². The Kier molecular flexibility index (Phi) is 6.47. The van der Waals surface area contributed by atoms with E-state index in [0.717, 1.165) is 11.6 Å². The summed E-state index contributed by atoms with van der Waals surface area (Å²) in [5, 5.41) is 13.7. The van der Waals surface area contributed by atoms with E-state index in [0.29, 0.717) is 20.7 Å². The first kappa shape index (κ1) is 22.6. The van der Waals surface area contributed by atoms with E-state index in [1.165, 1.54) is 35.9 Å². The van der Waals surface area contributed by atoms with E-state index in [4.69, 9.17) is 26.4 Å². The Morgan fingerprint density at radius 2 is 2.09 bits per heavy atom. The largest absolute Gasteiger partial charge is 0.496 e. The van der Waals surface area contributed by atoms with Crippen LogP contribution in [-0.2, 0) is 4.79 Å². The minimum Gasteiger partial charge on any atom is -0.496 e. The van der Waals surface area contributed by atoms with Gasteiger partial charge in [-0.1, -0.05) is 30.0 Å².